The second-order valence-corrected chi connectivity index (χ2v) is 5.13. The van der Waals surface area contributed by atoms with Crippen LogP contribution in [0.5, 0.6) is 5.75 Å². The van der Waals surface area contributed by atoms with Crippen molar-refractivity contribution < 1.29 is 19.4 Å². The van der Waals surface area contributed by atoms with Crippen LogP contribution in [-0.4, -0.2) is 28.6 Å². The summed E-state index contributed by atoms with van der Waals surface area (Å²) in [6.45, 7) is 1.19. The Morgan fingerprint density at radius 2 is 1.85 bits per heavy atom. The minimum absolute atomic E-state index is 0.0431. The number of hydrogen-bond donors (Lipinski definition) is 1. The molecule has 0 saturated carbocycles. The Balaban J connectivity index is 1.96. The molecule has 1 N–H and O–H groups in total. The van der Waals surface area contributed by atoms with Gasteiger partial charge in [0.05, 0.1) is 21.6 Å². The Morgan fingerprint density at radius 1 is 1.15 bits per heavy atom. The van der Waals surface area contributed by atoms with Gasteiger partial charge in [0.1, 0.15) is 0 Å². The Labute approximate surface area is 147 Å². The number of rotatable bonds is 7. The summed E-state index contributed by atoms with van der Waals surface area (Å²) in [4.78, 5) is 32.4. The molecule has 0 aliphatic carbocycles. The lowest BCUT2D eigenvalue weighted by atomic mass is 10.2. The quantitative estimate of drug-likeness (QED) is 0.458. The van der Waals surface area contributed by atoms with E-state index in [1.54, 1.807) is 19.1 Å². The van der Waals surface area contributed by atoms with Crippen molar-refractivity contribution in [2.24, 2.45) is 5.10 Å². The first-order valence-corrected chi connectivity index (χ1v) is 7.31. The van der Waals surface area contributed by atoms with Crippen LogP contribution in [0.15, 0.2) is 47.6 Å². The van der Waals surface area contributed by atoms with Gasteiger partial charge in [-0.3, -0.25) is 25.0 Å². The van der Waals surface area contributed by atoms with Crippen molar-refractivity contribution in [3.8, 4) is 5.75 Å². The summed E-state index contributed by atoms with van der Waals surface area (Å²) in [5, 5.41) is 25.5. The fourth-order valence-electron chi connectivity index (χ4n) is 2.00. The molecule has 10 heteroatoms. The molecule has 26 heavy (non-hydrogen) atoms. The lowest BCUT2D eigenvalue weighted by molar-refractivity contribution is -0.385. The number of hydrazone groups is 1. The number of hydrogen-bond acceptors (Lipinski definition) is 7. The van der Waals surface area contributed by atoms with E-state index in [4.69, 9.17) is 4.74 Å². The van der Waals surface area contributed by atoms with Crippen molar-refractivity contribution >= 4 is 23.5 Å². The molecule has 0 heterocycles. The summed E-state index contributed by atoms with van der Waals surface area (Å²) in [5.41, 5.74) is 2.63. The van der Waals surface area contributed by atoms with E-state index in [-0.39, 0.29) is 22.7 Å². The smallest absolute Gasteiger partial charge is 0.311 e. The molecule has 0 fully saturated rings. The second-order valence-electron chi connectivity index (χ2n) is 5.13. The molecule has 2 aromatic carbocycles. The van der Waals surface area contributed by atoms with E-state index in [9.17, 15) is 25.0 Å². The number of nitro groups is 2. The van der Waals surface area contributed by atoms with Crippen LogP contribution < -0.4 is 10.2 Å². The predicted octanol–water partition coefficient (Wildman–Crippen LogP) is 2.34. The van der Waals surface area contributed by atoms with Gasteiger partial charge in [-0.25, -0.2) is 5.43 Å². The molecule has 2 aromatic rings. The Bertz CT molecular complexity index is 881. The summed E-state index contributed by atoms with van der Waals surface area (Å²) in [6, 6.07) is 10.2. The first-order valence-electron chi connectivity index (χ1n) is 7.31. The molecule has 10 nitrogen and oxygen atoms in total. The maximum absolute atomic E-state index is 11.7. The van der Waals surface area contributed by atoms with E-state index < -0.39 is 22.4 Å². The van der Waals surface area contributed by atoms with Crippen LogP contribution >= 0.6 is 0 Å². The van der Waals surface area contributed by atoms with Gasteiger partial charge in [-0.1, -0.05) is 18.2 Å². The van der Waals surface area contributed by atoms with E-state index in [1.807, 2.05) is 0 Å². The SMILES string of the molecule is Cc1ccc(OCC(=O)N/N=C\c2ccccc2[N+](=O)[O-])c([N+](=O)[O-])c1. The Morgan fingerprint density at radius 3 is 2.54 bits per heavy atom. The van der Waals surface area contributed by atoms with Crippen LogP contribution in [0.1, 0.15) is 11.1 Å². The van der Waals surface area contributed by atoms with Gasteiger partial charge in [0.25, 0.3) is 11.6 Å². The zero-order chi connectivity index (χ0) is 19.1. The first-order chi connectivity index (χ1) is 12.4. The third-order valence-corrected chi connectivity index (χ3v) is 3.20. The largest absolute Gasteiger partial charge is 0.477 e. The minimum atomic E-state index is -0.672. The predicted molar refractivity (Wildman–Crippen MR) is 92.2 cm³/mol. The fraction of sp³-hybridized carbons (Fsp3) is 0.125. The maximum Gasteiger partial charge on any atom is 0.311 e. The van der Waals surface area contributed by atoms with Crippen LogP contribution in [0.3, 0.4) is 0 Å². The van der Waals surface area contributed by atoms with Gasteiger partial charge in [-0.2, -0.15) is 5.10 Å². The molecule has 134 valence electrons. The monoisotopic (exact) mass is 358 g/mol. The van der Waals surface area contributed by atoms with Crippen molar-refractivity contribution in [1.82, 2.24) is 5.43 Å². The number of para-hydroxylation sites is 1. The zero-order valence-corrected chi connectivity index (χ0v) is 13.6. The van der Waals surface area contributed by atoms with Crippen molar-refractivity contribution in [2.75, 3.05) is 6.61 Å². The highest BCUT2D eigenvalue weighted by molar-refractivity contribution is 5.86. The molecule has 0 bridgehead atoms. The molecule has 0 unspecified atom stereocenters. The highest BCUT2D eigenvalue weighted by Gasteiger charge is 2.16. The topological polar surface area (TPSA) is 137 Å². The molecule has 0 aliphatic heterocycles. The Kier molecular flexibility index (Phi) is 5.93. The lowest BCUT2D eigenvalue weighted by Gasteiger charge is -2.06. The standard InChI is InChI=1S/C16H14N4O6/c1-11-6-7-15(14(8-11)20(24)25)26-10-16(21)18-17-9-12-4-2-3-5-13(12)19(22)23/h2-9H,10H2,1H3,(H,18,21)/b17-9-. The molecular weight excluding hydrogens is 344 g/mol. The van der Waals surface area contributed by atoms with Gasteiger partial charge in [-0.05, 0) is 24.6 Å². The van der Waals surface area contributed by atoms with Gasteiger partial charge in [0.2, 0.25) is 0 Å². The van der Waals surface area contributed by atoms with Crippen LogP contribution in [0.25, 0.3) is 0 Å². The number of amides is 1. The van der Waals surface area contributed by atoms with E-state index in [0.29, 0.717) is 5.56 Å². The number of nitro benzene ring substituents is 2. The number of nitrogens with one attached hydrogen (secondary N) is 1. The van der Waals surface area contributed by atoms with Gasteiger partial charge in [0.15, 0.2) is 12.4 Å². The number of aryl methyl sites for hydroxylation is 1. The molecular formula is C16H14N4O6. The molecule has 0 spiro atoms. The average Bonchev–Trinajstić information content (AvgIpc) is 2.60. The van der Waals surface area contributed by atoms with Crippen LogP contribution in [0.4, 0.5) is 11.4 Å². The van der Waals surface area contributed by atoms with Crippen molar-refractivity contribution in [3.05, 3.63) is 73.8 Å². The molecule has 0 aliphatic rings. The molecule has 0 atom stereocenters. The second kappa shape index (κ2) is 8.33. The summed E-state index contributed by atoms with van der Waals surface area (Å²) in [6.07, 6.45) is 1.13. The number of nitrogens with zero attached hydrogens (tertiary/aromatic N) is 3. The highest BCUT2D eigenvalue weighted by atomic mass is 16.6. The van der Waals surface area contributed by atoms with Crippen LogP contribution in [0.2, 0.25) is 0 Å². The van der Waals surface area contributed by atoms with Crippen molar-refractivity contribution in [1.29, 1.82) is 0 Å². The van der Waals surface area contributed by atoms with E-state index in [1.165, 1.54) is 30.3 Å². The Hall–Kier alpha value is -3.82. The zero-order valence-electron chi connectivity index (χ0n) is 13.6. The summed E-state index contributed by atoms with van der Waals surface area (Å²) >= 11 is 0. The average molecular weight is 358 g/mol. The van der Waals surface area contributed by atoms with E-state index >= 15 is 0 Å². The lowest BCUT2D eigenvalue weighted by Crippen LogP contribution is -2.24. The maximum atomic E-state index is 11.7. The van der Waals surface area contributed by atoms with Crippen LogP contribution in [0, 0.1) is 27.2 Å². The fourth-order valence-corrected chi connectivity index (χ4v) is 2.00. The van der Waals surface area contributed by atoms with Crippen LogP contribution in [-0.2, 0) is 4.79 Å². The molecule has 1 amide bonds. The summed E-state index contributed by atoms with van der Waals surface area (Å²) in [7, 11) is 0. The van der Waals surface area contributed by atoms with Gasteiger partial charge >= 0.3 is 5.69 Å². The number of ether oxygens (including phenoxy) is 1. The summed E-state index contributed by atoms with van der Waals surface area (Å²) in [5.74, 6) is -0.715. The van der Waals surface area contributed by atoms with Gasteiger partial charge in [0, 0.05) is 12.1 Å². The first kappa shape index (κ1) is 18.5. The molecule has 0 radical (unpaired) electrons. The van der Waals surface area contributed by atoms with Crippen molar-refractivity contribution in [3.63, 3.8) is 0 Å². The molecule has 0 aromatic heterocycles. The van der Waals surface area contributed by atoms with Gasteiger partial charge in [-0.15, -0.1) is 0 Å². The molecule has 2 rings (SSSR count). The van der Waals surface area contributed by atoms with E-state index in [0.717, 1.165) is 6.21 Å². The minimum Gasteiger partial charge on any atom is -0.477 e. The number of benzene rings is 2. The highest BCUT2D eigenvalue weighted by Crippen LogP contribution is 2.27. The summed E-state index contributed by atoms with van der Waals surface area (Å²) < 4.78 is 5.14. The van der Waals surface area contributed by atoms with Gasteiger partial charge < -0.3 is 4.74 Å². The number of carbonyl (C=O) groups excluding carboxylic acids is 1. The number of carbonyl (C=O) groups is 1. The van der Waals surface area contributed by atoms with E-state index in [2.05, 4.69) is 10.5 Å². The van der Waals surface area contributed by atoms with Crippen molar-refractivity contribution in [2.45, 2.75) is 6.92 Å². The normalized spacial score (nSPS) is 10.5. The third-order valence-electron chi connectivity index (χ3n) is 3.20. The third kappa shape index (κ3) is 4.84. The molecule has 0 saturated heterocycles.